The summed E-state index contributed by atoms with van der Waals surface area (Å²) in [7, 11) is 0. The molecule has 0 amide bonds. The average Bonchev–Trinajstić information content (AvgIpc) is 1.86. The highest BCUT2D eigenvalue weighted by Crippen LogP contribution is 2.41. The van der Waals surface area contributed by atoms with Gasteiger partial charge in [0, 0.05) is 12.3 Å². The molecule has 2 saturated carbocycles. The minimum atomic E-state index is 0.513. The Morgan fingerprint density at radius 2 is 2.00 bits per heavy atom. The van der Waals surface area contributed by atoms with Crippen LogP contribution in [0.15, 0.2) is 0 Å². The second-order valence-corrected chi connectivity index (χ2v) is 3.32. The zero-order valence-electron chi connectivity index (χ0n) is 5.60. The van der Waals surface area contributed by atoms with Gasteiger partial charge in [0.05, 0.1) is 0 Å². The van der Waals surface area contributed by atoms with Crippen molar-refractivity contribution in [1.29, 1.82) is 0 Å². The summed E-state index contributed by atoms with van der Waals surface area (Å²) in [5.41, 5.74) is 0. The fourth-order valence-electron chi connectivity index (χ4n) is 2.13. The zero-order chi connectivity index (χ0) is 6.27. The van der Waals surface area contributed by atoms with Gasteiger partial charge in [-0.1, -0.05) is 12.8 Å². The number of hydrogen-bond donors (Lipinski definition) is 0. The van der Waals surface area contributed by atoms with E-state index in [1.807, 2.05) is 0 Å². The molecule has 1 nitrogen and oxygen atoms in total. The van der Waals surface area contributed by atoms with Gasteiger partial charge < -0.3 is 0 Å². The van der Waals surface area contributed by atoms with E-state index in [1.54, 1.807) is 0 Å². The molecule has 2 aliphatic carbocycles. The van der Waals surface area contributed by atoms with Gasteiger partial charge in [-0.05, 0) is 18.8 Å². The number of hydrogen-bond acceptors (Lipinski definition) is 1. The van der Waals surface area contributed by atoms with Gasteiger partial charge in [-0.2, -0.15) is 0 Å². The lowest BCUT2D eigenvalue weighted by Gasteiger charge is -2.38. The summed E-state index contributed by atoms with van der Waals surface area (Å²) in [6, 6.07) is 0. The monoisotopic (exact) mass is 124 g/mol. The summed E-state index contributed by atoms with van der Waals surface area (Å²) in [5.74, 6) is 1.87. The first-order valence-corrected chi connectivity index (χ1v) is 3.90. The smallest absolute Gasteiger partial charge is 0.136 e. The molecule has 0 aliphatic heterocycles. The van der Waals surface area contributed by atoms with E-state index < -0.39 is 0 Å². The Labute approximate surface area is 55.4 Å². The maximum atomic E-state index is 10.9. The molecule has 2 rings (SSSR count). The van der Waals surface area contributed by atoms with Crippen LogP contribution in [-0.4, -0.2) is 5.78 Å². The van der Waals surface area contributed by atoms with E-state index in [0.717, 1.165) is 12.3 Å². The number of Topliss-reactive ketones (excluding diaryl/α,β-unsaturated/α-hetero) is 1. The Morgan fingerprint density at radius 3 is 2.56 bits per heavy atom. The summed E-state index contributed by atoms with van der Waals surface area (Å²) in [6.07, 6.45) is 6.10. The van der Waals surface area contributed by atoms with Crippen molar-refractivity contribution in [3.63, 3.8) is 0 Å². The van der Waals surface area contributed by atoms with Crippen LogP contribution in [0.4, 0.5) is 0 Å². The van der Waals surface area contributed by atoms with Gasteiger partial charge in [-0.3, -0.25) is 4.79 Å². The van der Waals surface area contributed by atoms with Gasteiger partial charge in [0.15, 0.2) is 0 Å². The van der Waals surface area contributed by atoms with Gasteiger partial charge in [0.25, 0.3) is 0 Å². The van der Waals surface area contributed by atoms with Gasteiger partial charge in [-0.25, -0.2) is 0 Å². The molecular formula is C8H12O. The molecule has 0 aromatic rings. The number of ketones is 1. The first kappa shape index (κ1) is 5.45. The topological polar surface area (TPSA) is 17.1 Å². The van der Waals surface area contributed by atoms with Crippen molar-refractivity contribution in [3.05, 3.63) is 0 Å². The molecule has 0 aromatic heterocycles. The summed E-state index contributed by atoms with van der Waals surface area (Å²) in [4.78, 5) is 10.9. The van der Waals surface area contributed by atoms with E-state index in [1.165, 1.54) is 25.7 Å². The Bertz CT molecular complexity index is 140. The number of rotatable bonds is 0. The lowest BCUT2D eigenvalue weighted by molar-refractivity contribution is -0.136. The van der Waals surface area contributed by atoms with Crippen molar-refractivity contribution in [1.82, 2.24) is 0 Å². The normalized spacial score (nSPS) is 41.6. The van der Waals surface area contributed by atoms with Crippen molar-refractivity contribution in [2.75, 3.05) is 0 Å². The van der Waals surface area contributed by atoms with Crippen LogP contribution in [0.25, 0.3) is 0 Å². The first-order valence-electron chi connectivity index (χ1n) is 3.90. The summed E-state index contributed by atoms with van der Waals surface area (Å²) >= 11 is 0. The molecule has 0 spiro atoms. The maximum Gasteiger partial charge on any atom is 0.136 e. The molecule has 0 saturated heterocycles. The molecule has 2 aliphatic rings. The molecule has 1 unspecified atom stereocenters. The van der Waals surface area contributed by atoms with Gasteiger partial charge in [0.2, 0.25) is 0 Å². The van der Waals surface area contributed by atoms with E-state index in [9.17, 15) is 4.79 Å². The van der Waals surface area contributed by atoms with Crippen molar-refractivity contribution in [3.8, 4) is 0 Å². The van der Waals surface area contributed by atoms with Crippen LogP contribution in [0.3, 0.4) is 0 Å². The van der Waals surface area contributed by atoms with E-state index in [-0.39, 0.29) is 0 Å². The molecule has 0 radical (unpaired) electrons. The summed E-state index contributed by atoms with van der Waals surface area (Å²) in [6.45, 7) is 0. The molecule has 0 bridgehead atoms. The number of fused-ring (bicyclic) bond motifs is 1. The van der Waals surface area contributed by atoms with Gasteiger partial charge >= 0.3 is 0 Å². The molecule has 0 N–H and O–H groups in total. The zero-order valence-corrected chi connectivity index (χ0v) is 5.60. The SMILES string of the molecule is O=C1CC2CCCC[C@H]12. The average molecular weight is 124 g/mol. The third-order valence-electron chi connectivity index (χ3n) is 2.79. The van der Waals surface area contributed by atoms with Crippen LogP contribution < -0.4 is 0 Å². The van der Waals surface area contributed by atoms with Crippen LogP contribution in [0.2, 0.25) is 0 Å². The van der Waals surface area contributed by atoms with Crippen molar-refractivity contribution < 1.29 is 4.79 Å². The largest absolute Gasteiger partial charge is 0.299 e. The molecule has 0 aromatic carbocycles. The predicted molar refractivity (Wildman–Crippen MR) is 35.1 cm³/mol. The molecular weight excluding hydrogens is 112 g/mol. The van der Waals surface area contributed by atoms with Crippen LogP contribution in [0, 0.1) is 11.8 Å². The molecule has 50 valence electrons. The van der Waals surface area contributed by atoms with Crippen LogP contribution in [0.5, 0.6) is 0 Å². The second-order valence-electron chi connectivity index (χ2n) is 3.32. The van der Waals surface area contributed by atoms with Crippen LogP contribution in [0.1, 0.15) is 32.1 Å². The maximum absolute atomic E-state index is 10.9. The fourth-order valence-corrected chi connectivity index (χ4v) is 2.13. The molecule has 9 heavy (non-hydrogen) atoms. The Kier molecular flexibility index (Phi) is 1.11. The number of carbonyl (C=O) groups is 1. The number of carbonyl (C=O) groups excluding carboxylic acids is 1. The van der Waals surface area contributed by atoms with Crippen LogP contribution >= 0.6 is 0 Å². The molecule has 2 fully saturated rings. The summed E-state index contributed by atoms with van der Waals surface area (Å²) < 4.78 is 0. The highest BCUT2D eigenvalue weighted by molar-refractivity contribution is 5.87. The molecule has 1 heteroatoms. The fraction of sp³-hybridized carbons (Fsp3) is 0.875. The van der Waals surface area contributed by atoms with Crippen LogP contribution in [-0.2, 0) is 4.79 Å². The van der Waals surface area contributed by atoms with E-state index in [0.29, 0.717) is 11.7 Å². The lowest BCUT2D eigenvalue weighted by Crippen LogP contribution is -2.39. The van der Waals surface area contributed by atoms with E-state index in [4.69, 9.17) is 0 Å². The van der Waals surface area contributed by atoms with Crippen molar-refractivity contribution in [2.24, 2.45) is 11.8 Å². The Morgan fingerprint density at radius 1 is 1.22 bits per heavy atom. The first-order chi connectivity index (χ1) is 4.38. The highest BCUT2D eigenvalue weighted by atomic mass is 16.1. The molecule has 2 atom stereocenters. The minimum Gasteiger partial charge on any atom is -0.299 e. The Hall–Kier alpha value is -0.330. The predicted octanol–water partition coefficient (Wildman–Crippen LogP) is 1.77. The Balaban J connectivity index is 2.01. The van der Waals surface area contributed by atoms with E-state index in [2.05, 4.69) is 0 Å². The highest BCUT2D eigenvalue weighted by Gasteiger charge is 2.40. The van der Waals surface area contributed by atoms with Gasteiger partial charge in [-0.15, -0.1) is 0 Å². The third kappa shape index (κ3) is 0.707. The third-order valence-corrected chi connectivity index (χ3v) is 2.79. The standard InChI is InChI=1S/C8H12O/c9-8-5-6-3-1-2-4-7(6)8/h6-7H,1-5H2/t6?,7-/m0/s1. The lowest BCUT2D eigenvalue weighted by atomic mass is 9.65. The van der Waals surface area contributed by atoms with E-state index >= 15 is 0 Å². The second kappa shape index (κ2) is 1.83. The van der Waals surface area contributed by atoms with Crippen molar-refractivity contribution in [2.45, 2.75) is 32.1 Å². The van der Waals surface area contributed by atoms with Gasteiger partial charge in [0.1, 0.15) is 5.78 Å². The molecule has 0 heterocycles. The van der Waals surface area contributed by atoms with Crippen molar-refractivity contribution >= 4 is 5.78 Å². The quantitative estimate of drug-likeness (QED) is 0.481. The minimum absolute atomic E-state index is 0.513. The summed E-state index contributed by atoms with van der Waals surface area (Å²) in [5, 5.41) is 0.